The first-order valence-electron chi connectivity index (χ1n) is 13.2. The lowest BCUT2D eigenvalue weighted by molar-refractivity contribution is -0.139. The van der Waals surface area contributed by atoms with Crippen molar-refractivity contribution in [3.8, 4) is 5.75 Å². The minimum atomic E-state index is -3.73. The van der Waals surface area contributed by atoms with Crippen molar-refractivity contribution < 1.29 is 28.2 Å². The van der Waals surface area contributed by atoms with E-state index in [-0.39, 0.29) is 15.5 Å². The van der Waals surface area contributed by atoms with E-state index >= 15 is 0 Å². The number of aliphatic hydroxyl groups excluding tert-OH is 1. The summed E-state index contributed by atoms with van der Waals surface area (Å²) in [6, 6.07) is 29.9. The average molecular weight is 594 g/mol. The quantitative estimate of drug-likeness (QED) is 0.190. The Labute approximate surface area is 245 Å². The van der Waals surface area contributed by atoms with E-state index in [1.165, 1.54) is 24.3 Å². The maximum atomic E-state index is 13.1. The van der Waals surface area contributed by atoms with E-state index in [9.17, 15) is 18.3 Å². The van der Waals surface area contributed by atoms with Crippen molar-refractivity contribution in [3.63, 3.8) is 0 Å². The maximum Gasteiger partial charge on any atom is 0.341 e. The number of nitrogens with zero attached hydrogens (tertiary/aromatic N) is 1. The fourth-order valence-corrected chi connectivity index (χ4v) is 5.94. The molecular weight excluding hydrogens is 562 g/mol. The summed E-state index contributed by atoms with van der Waals surface area (Å²) < 4.78 is 31.2. The number of ether oxygens (including phenoxy) is 1. The minimum absolute atomic E-state index is 0.0998. The lowest BCUT2D eigenvalue weighted by atomic mass is 10.1. The molecule has 0 radical (unpaired) electrons. The van der Waals surface area contributed by atoms with E-state index in [4.69, 9.17) is 21.4 Å². The Bertz CT molecular complexity index is 1530. The average Bonchev–Trinajstić information content (AvgIpc) is 2.97. The zero-order valence-electron chi connectivity index (χ0n) is 22.4. The minimum Gasteiger partial charge on any atom is -0.482 e. The first kappa shape index (κ1) is 30.3. The van der Waals surface area contributed by atoms with E-state index in [0.29, 0.717) is 18.1 Å². The zero-order valence-corrected chi connectivity index (χ0v) is 24.0. The topological polar surface area (TPSA) is 104 Å². The molecule has 4 aromatic carbocycles. The summed E-state index contributed by atoms with van der Waals surface area (Å²) in [4.78, 5) is 13.1. The van der Waals surface area contributed by atoms with Crippen molar-refractivity contribution in [1.82, 2.24) is 4.90 Å². The van der Waals surface area contributed by atoms with Crippen molar-refractivity contribution in [2.45, 2.75) is 35.3 Å². The van der Waals surface area contributed by atoms with Gasteiger partial charge in [0.05, 0.1) is 15.9 Å². The Kier molecular flexibility index (Phi) is 10.5. The molecule has 0 spiro atoms. The van der Waals surface area contributed by atoms with E-state index in [0.717, 1.165) is 36.1 Å². The van der Waals surface area contributed by atoms with Crippen LogP contribution in [0.15, 0.2) is 113 Å². The third kappa shape index (κ3) is 8.90. The molecular formula is C32H32ClNO6S. The molecule has 214 valence electrons. The number of carboxylic acid groups (broad SMARTS) is 1. The number of sulfone groups is 1. The van der Waals surface area contributed by atoms with Gasteiger partial charge in [-0.05, 0) is 84.6 Å². The van der Waals surface area contributed by atoms with Gasteiger partial charge in [-0.3, -0.25) is 4.90 Å². The number of carboxylic acids is 1. The smallest absolute Gasteiger partial charge is 0.341 e. The van der Waals surface area contributed by atoms with Gasteiger partial charge in [0.2, 0.25) is 9.84 Å². The second-order valence-corrected chi connectivity index (χ2v) is 12.1. The Hall–Kier alpha value is -3.69. The highest BCUT2D eigenvalue weighted by Gasteiger charge is 2.18. The number of aliphatic hydroxyl groups is 1. The van der Waals surface area contributed by atoms with Gasteiger partial charge in [0.25, 0.3) is 0 Å². The number of benzene rings is 4. The number of hydrogen-bond donors (Lipinski definition) is 2. The molecule has 0 bridgehead atoms. The maximum absolute atomic E-state index is 13.1. The van der Waals surface area contributed by atoms with Gasteiger partial charge in [-0.25, -0.2) is 13.2 Å². The molecule has 0 aliphatic carbocycles. The number of aryl methyl sites for hydroxylation is 1. The van der Waals surface area contributed by atoms with Crippen LogP contribution in [0.4, 0.5) is 0 Å². The number of halogens is 1. The highest BCUT2D eigenvalue weighted by molar-refractivity contribution is 7.91. The predicted octanol–water partition coefficient (Wildman–Crippen LogP) is 5.80. The van der Waals surface area contributed by atoms with Crippen LogP contribution >= 0.6 is 11.6 Å². The van der Waals surface area contributed by atoms with E-state index < -0.39 is 28.5 Å². The second-order valence-electron chi connectivity index (χ2n) is 9.70. The molecule has 0 aromatic heterocycles. The molecule has 7 nitrogen and oxygen atoms in total. The van der Waals surface area contributed by atoms with Crippen LogP contribution in [-0.4, -0.2) is 49.2 Å². The Morgan fingerprint density at radius 1 is 0.854 bits per heavy atom. The summed E-state index contributed by atoms with van der Waals surface area (Å²) in [5, 5.41) is 20.2. The molecule has 0 aliphatic heterocycles. The van der Waals surface area contributed by atoms with Gasteiger partial charge in [-0.15, -0.1) is 0 Å². The summed E-state index contributed by atoms with van der Waals surface area (Å²) in [6.07, 6.45) is 0.882. The Morgan fingerprint density at radius 3 is 2.15 bits per heavy atom. The molecule has 0 unspecified atom stereocenters. The highest BCUT2D eigenvalue weighted by Crippen LogP contribution is 2.24. The van der Waals surface area contributed by atoms with Crippen LogP contribution in [-0.2, 0) is 27.6 Å². The van der Waals surface area contributed by atoms with Crippen molar-refractivity contribution in [2.75, 3.05) is 19.7 Å². The van der Waals surface area contributed by atoms with Gasteiger partial charge in [-0.1, -0.05) is 66.2 Å². The van der Waals surface area contributed by atoms with Crippen LogP contribution in [0.1, 0.15) is 29.2 Å². The molecule has 0 aliphatic rings. The summed E-state index contributed by atoms with van der Waals surface area (Å²) >= 11 is 6.12. The van der Waals surface area contributed by atoms with Crippen molar-refractivity contribution in [2.24, 2.45) is 0 Å². The van der Waals surface area contributed by atoms with Gasteiger partial charge in [0.1, 0.15) is 5.75 Å². The van der Waals surface area contributed by atoms with Gasteiger partial charge >= 0.3 is 5.97 Å². The fourth-order valence-electron chi connectivity index (χ4n) is 4.48. The lowest BCUT2D eigenvalue weighted by Gasteiger charge is -2.25. The Morgan fingerprint density at radius 2 is 1.51 bits per heavy atom. The van der Waals surface area contributed by atoms with Crippen LogP contribution in [0.2, 0.25) is 5.02 Å². The monoisotopic (exact) mass is 593 g/mol. The van der Waals surface area contributed by atoms with E-state index in [2.05, 4.69) is 17.0 Å². The van der Waals surface area contributed by atoms with Crippen LogP contribution in [0.25, 0.3) is 0 Å². The molecule has 0 saturated carbocycles. The molecule has 9 heteroatoms. The fraction of sp³-hybridized carbons (Fsp3) is 0.219. The molecule has 1 atom stereocenters. The molecule has 0 heterocycles. The first-order valence-corrected chi connectivity index (χ1v) is 15.1. The summed E-state index contributed by atoms with van der Waals surface area (Å²) in [5.41, 5.74) is 2.94. The number of rotatable bonds is 14. The number of aliphatic carboxylic acids is 1. The van der Waals surface area contributed by atoms with Crippen LogP contribution < -0.4 is 4.74 Å². The van der Waals surface area contributed by atoms with E-state index in [1.807, 2.05) is 42.5 Å². The van der Waals surface area contributed by atoms with Crippen LogP contribution in [0.3, 0.4) is 0 Å². The summed E-state index contributed by atoms with van der Waals surface area (Å²) in [6.45, 7) is 1.38. The number of hydrogen-bond acceptors (Lipinski definition) is 6. The lowest BCUT2D eigenvalue weighted by Crippen LogP contribution is -2.29. The zero-order chi connectivity index (χ0) is 29.2. The first-order chi connectivity index (χ1) is 19.7. The predicted molar refractivity (Wildman–Crippen MR) is 158 cm³/mol. The van der Waals surface area contributed by atoms with Crippen molar-refractivity contribution in [1.29, 1.82) is 0 Å². The van der Waals surface area contributed by atoms with Crippen LogP contribution in [0.5, 0.6) is 5.75 Å². The third-order valence-corrected chi connectivity index (χ3v) is 8.60. The van der Waals surface area contributed by atoms with Gasteiger partial charge in [0.15, 0.2) is 6.61 Å². The van der Waals surface area contributed by atoms with Crippen LogP contribution in [0, 0.1) is 0 Å². The summed E-state index contributed by atoms with van der Waals surface area (Å²) in [7, 11) is -3.73. The molecule has 0 amide bonds. The Balaban J connectivity index is 1.37. The van der Waals surface area contributed by atoms with Gasteiger partial charge in [0, 0.05) is 18.1 Å². The molecule has 0 saturated heterocycles. The normalized spacial score (nSPS) is 12.3. The number of carbonyl (C=O) groups is 1. The molecule has 41 heavy (non-hydrogen) atoms. The molecule has 0 fully saturated rings. The molecule has 2 N–H and O–H groups in total. The van der Waals surface area contributed by atoms with Crippen molar-refractivity contribution in [3.05, 3.63) is 125 Å². The van der Waals surface area contributed by atoms with Gasteiger partial charge in [-0.2, -0.15) is 0 Å². The highest BCUT2D eigenvalue weighted by atomic mass is 35.5. The largest absolute Gasteiger partial charge is 0.482 e. The van der Waals surface area contributed by atoms with Crippen molar-refractivity contribution >= 4 is 27.4 Å². The third-order valence-electron chi connectivity index (χ3n) is 6.58. The summed E-state index contributed by atoms with van der Waals surface area (Å²) in [5.74, 6) is -0.830. The molecule has 4 rings (SSSR count). The molecule has 4 aromatic rings. The standard InChI is InChI=1S/C32H32ClNO6S/c33-27-10-4-9-26(20-27)31(35)22-34(21-25-6-2-1-3-7-25)19-5-8-24-11-15-29(16-12-24)41(38,39)30-17-13-28(14-18-30)40-23-32(36)37/h1-4,6-7,9-18,20,31,35H,5,8,19,21-23H2,(H,36,37)/t31-/m1/s1. The van der Waals surface area contributed by atoms with E-state index in [1.54, 1.807) is 24.3 Å². The van der Waals surface area contributed by atoms with Gasteiger partial charge < -0.3 is 14.9 Å². The second kappa shape index (κ2) is 14.3. The SMILES string of the molecule is O=C(O)COc1ccc(S(=O)(=O)c2ccc(CCCN(Cc3ccccc3)C[C@@H](O)c3cccc(Cl)c3)cc2)cc1.